The first-order valence-electron chi connectivity index (χ1n) is 12.6. The van der Waals surface area contributed by atoms with Crippen molar-refractivity contribution in [2.24, 2.45) is 5.10 Å². The van der Waals surface area contributed by atoms with Gasteiger partial charge in [-0.05, 0) is 53.1 Å². The third kappa shape index (κ3) is 6.83. The van der Waals surface area contributed by atoms with E-state index in [1.807, 2.05) is 97.1 Å². The van der Waals surface area contributed by atoms with Gasteiger partial charge in [0, 0.05) is 5.02 Å². The molecule has 0 atom stereocenters. The molecule has 0 saturated carbocycles. The van der Waals surface area contributed by atoms with E-state index in [1.165, 1.54) is 11.8 Å². The number of hydrogen-bond donors (Lipinski definition) is 1. The van der Waals surface area contributed by atoms with E-state index in [4.69, 9.17) is 26.1 Å². The predicted molar refractivity (Wildman–Crippen MR) is 161 cm³/mol. The van der Waals surface area contributed by atoms with Crippen molar-refractivity contribution in [3.8, 4) is 11.5 Å². The molecule has 202 valence electrons. The number of amides is 1. The Kier molecular flexibility index (Phi) is 9.00. The standard InChI is InChI=1S/C31H27ClN4O3S/c1-38-29-17-23(15-16-28(29)39-20-22-9-3-2-4-10-22)18-33-35-30(37)21-40-31-34-26-13-7-8-14-27(26)36(31)19-24-11-5-6-12-25(24)32/h2-18H,19-21H2,1H3,(H,35,37)/b33-18+. The minimum Gasteiger partial charge on any atom is -0.493 e. The van der Waals surface area contributed by atoms with E-state index in [0.717, 1.165) is 32.9 Å². The zero-order valence-electron chi connectivity index (χ0n) is 21.8. The molecule has 9 heteroatoms. The van der Waals surface area contributed by atoms with E-state index in [9.17, 15) is 4.79 Å². The van der Waals surface area contributed by atoms with Gasteiger partial charge in [-0.25, -0.2) is 10.4 Å². The molecule has 0 aliphatic heterocycles. The second-order valence-corrected chi connectivity index (χ2v) is 10.2. The van der Waals surface area contributed by atoms with Crippen molar-refractivity contribution in [1.82, 2.24) is 15.0 Å². The molecule has 4 aromatic carbocycles. The van der Waals surface area contributed by atoms with Crippen molar-refractivity contribution in [2.45, 2.75) is 18.3 Å². The molecule has 1 aromatic heterocycles. The molecule has 0 aliphatic rings. The number of methoxy groups -OCH3 is 1. The number of rotatable bonds is 11. The molecular weight excluding hydrogens is 544 g/mol. The molecule has 7 nitrogen and oxygen atoms in total. The Hall–Kier alpha value is -4.27. The van der Waals surface area contributed by atoms with Crippen molar-refractivity contribution in [1.29, 1.82) is 0 Å². The van der Waals surface area contributed by atoms with Gasteiger partial charge in [0.2, 0.25) is 0 Å². The maximum Gasteiger partial charge on any atom is 0.250 e. The number of imidazole rings is 1. The summed E-state index contributed by atoms with van der Waals surface area (Å²) in [5.74, 6) is 1.12. The highest BCUT2D eigenvalue weighted by molar-refractivity contribution is 7.99. The largest absolute Gasteiger partial charge is 0.493 e. The fourth-order valence-electron chi connectivity index (χ4n) is 4.07. The number of nitrogens with one attached hydrogen (secondary N) is 1. The van der Waals surface area contributed by atoms with Gasteiger partial charge in [0.15, 0.2) is 16.7 Å². The van der Waals surface area contributed by atoms with Gasteiger partial charge in [-0.2, -0.15) is 5.10 Å². The minimum atomic E-state index is -0.243. The highest BCUT2D eigenvalue weighted by Crippen LogP contribution is 2.29. The average Bonchev–Trinajstić information content (AvgIpc) is 3.34. The number of ether oxygens (including phenoxy) is 2. The number of nitrogens with zero attached hydrogens (tertiary/aromatic N) is 3. The summed E-state index contributed by atoms with van der Waals surface area (Å²) in [5.41, 5.74) is 7.24. The van der Waals surface area contributed by atoms with E-state index < -0.39 is 0 Å². The minimum absolute atomic E-state index is 0.152. The Balaban J connectivity index is 1.20. The molecule has 0 spiro atoms. The summed E-state index contributed by atoms with van der Waals surface area (Å²) < 4.78 is 13.5. The lowest BCUT2D eigenvalue weighted by Crippen LogP contribution is -2.20. The van der Waals surface area contributed by atoms with Crippen molar-refractivity contribution in [2.75, 3.05) is 12.9 Å². The lowest BCUT2D eigenvalue weighted by molar-refractivity contribution is -0.118. The Labute approximate surface area is 241 Å². The van der Waals surface area contributed by atoms with Gasteiger partial charge in [-0.15, -0.1) is 0 Å². The van der Waals surface area contributed by atoms with E-state index in [1.54, 1.807) is 13.3 Å². The van der Waals surface area contributed by atoms with Gasteiger partial charge < -0.3 is 14.0 Å². The number of para-hydroxylation sites is 2. The molecule has 0 radical (unpaired) electrons. The predicted octanol–water partition coefficient (Wildman–Crippen LogP) is 6.57. The number of benzene rings is 4. The number of halogens is 1. The van der Waals surface area contributed by atoms with Crippen LogP contribution in [0.5, 0.6) is 11.5 Å². The van der Waals surface area contributed by atoms with Gasteiger partial charge in [0.1, 0.15) is 6.61 Å². The number of hydrogen-bond acceptors (Lipinski definition) is 6. The van der Waals surface area contributed by atoms with Crippen LogP contribution in [0, 0.1) is 0 Å². The molecule has 0 aliphatic carbocycles. The van der Waals surface area contributed by atoms with Crippen LogP contribution >= 0.6 is 23.4 Å². The molecular formula is C31H27ClN4O3S. The molecule has 1 N–H and O–H groups in total. The van der Waals surface area contributed by atoms with E-state index >= 15 is 0 Å². The van der Waals surface area contributed by atoms with Crippen molar-refractivity contribution in [3.63, 3.8) is 0 Å². The molecule has 1 heterocycles. The lowest BCUT2D eigenvalue weighted by Gasteiger charge is -2.11. The highest BCUT2D eigenvalue weighted by Gasteiger charge is 2.14. The van der Waals surface area contributed by atoms with Crippen LogP contribution in [0.1, 0.15) is 16.7 Å². The maximum absolute atomic E-state index is 12.6. The number of thioether (sulfide) groups is 1. The number of fused-ring (bicyclic) bond motifs is 1. The molecule has 1 amide bonds. The van der Waals surface area contributed by atoms with Crippen LogP contribution in [-0.2, 0) is 17.9 Å². The van der Waals surface area contributed by atoms with Gasteiger partial charge in [0.05, 0.1) is 36.7 Å². The zero-order valence-corrected chi connectivity index (χ0v) is 23.4. The van der Waals surface area contributed by atoms with Crippen molar-refractivity contribution < 1.29 is 14.3 Å². The molecule has 40 heavy (non-hydrogen) atoms. The first kappa shape index (κ1) is 27.3. The molecule has 0 fully saturated rings. The molecule has 0 saturated heterocycles. The number of carbonyl (C=O) groups is 1. The molecule has 5 rings (SSSR count). The highest BCUT2D eigenvalue weighted by atomic mass is 35.5. The summed E-state index contributed by atoms with van der Waals surface area (Å²) in [7, 11) is 1.59. The monoisotopic (exact) mass is 570 g/mol. The van der Waals surface area contributed by atoms with Crippen LogP contribution in [0.2, 0.25) is 5.02 Å². The smallest absolute Gasteiger partial charge is 0.250 e. The van der Waals surface area contributed by atoms with Crippen LogP contribution < -0.4 is 14.9 Å². The third-order valence-electron chi connectivity index (χ3n) is 6.07. The van der Waals surface area contributed by atoms with Crippen LogP contribution in [0.25, 0.3) is 11.0 Å². The Morgan fingerprint density at radius 3 is 2.60 bits per heavy atom. The number of aromatic nitrogens is 2. The molecule has 5 aromatic rings. The van der Waals surface area contributed by atoms with Gasteiger partial charge in [-0.3, -0.25) is 4.79 Å². The second kappa shape index (κ2) is 13.2. The van der Waals surface area contributed by atoms with Crippen LogP contribution in [0.15, 0.2) is 107 Å². The quantitative estimate of drug-likeness (QED) is 0.110. The molecule has 0 unspecified atom stereocenters. The Morgan fingerprint density at radius 2 is 1.77 bits per heavy atom. The third-order valence-corrected chi connectivity index (χ3v) is 7.41. The fraction of sp³-hybridized carbons (Fsp3) is 0.129. The van der Waals surface area contributed by atoms with E-state index in [0.29, 0.717) is 29.7 Å². The fourth-order valence-corrected chi connectivity index (χ4v) is 5.08. The first-order chi connectivity index (χ1) is 19.6. The Bertz CT molecular complexity index is 1640. The van der Waals surface area contributed by atoms with Crippen LogP contribution in [0.4, 0.5) is 0 Å². The summed E-state index contributed by atoms with van der Waals surface area (Å²) in [6.45, 7) is 0.986. The van der Waals surface area contributed by atoms with Gasteiger partial charge in [-0.1, -0.05) is 84.0 Å². The zero-order chi connectivity index (χ0) is 27.7. The van der Waals surface area contributed by atoms with Gasteiger partial charge >= 0.3 is 0 Å². The summed E-state index contributed by atoms with van der Waals surface area (Å²) >= 11 is 7.76. The normalized spacial score (nSPS) is 11.2. The average molecular weight is 571 g/mol. The maximum atomic E-state index is 12.6. The topological polar surface area (TPSA) is 77.7 Å². The van der Waals surface area contributed by atoms with E-state index in [-0.39, 0.29) is 11.7 Å². The van der Waals surface area contributed by atoms with E-state index in [2.05, 4.69) is 15.1 Å². The second-order valence-electron chi connectivity index (χ2n) is 8.83. The SMILES string of the molecule is COc1cc(/C=N/NC(=O)CSc2nc3ccccc3n2Cc2ccccc2Cl)ccc1OCc1ccccc1. The summed E-state index contributed by atoms with van der Waals surface area (Å²) in [6, 6.07) is 31.0. The lowest BCUT2D eigenvalue weighted by atomic mass is 10.2. The number of hydrazone groups is 1. The van der Waals surface area contributed by atoms with Crippen molar-refractivity contribution in [3.05, 3.63) is 119 Å². The Morgan fingerprint density at radius 1 is 1.00 bits per heavy atom. The summed E-state index contributed by atoms with van der Waals surface area (Å²) in [4.78, 5) is 17.3. The van der Waals surface area contributed by atoms with Crippen LogP contribution in [0.3, 0.4) is 0 Å². The summed E-state index contributed by atoms with van der Waals surface area (Å²) in [5, 5.41) is 5.54. The van der Waals surface area contributed by atoms with Crippen molar-refractivity contribution >= 4 is 46.5 Å². The van der Waals surface area contributed by atoms with Crippen LogP contribution in [-0.4, -0.2) is 34.5 Å². The first-order valence-corrected chi connectivity index (χ1v) is 13.9. The molecule has 0 bridgehead atoms. The number of carbonyl (C=O) groups excluding carboxylic acids is 1. The van der Waals surface area contributed by atoms with Gasteiger partial charge in [0.25, 0.3) is 5.91 Å². The summed E-state index contributed by atoms with van der Waals surface area (Å²) in [6.07, 6.45) is 1.57.